The van der Waals surface area contributed by atoms with Crippen LogP contribution in [-0.4, -0.2) is 64.3 Å². The molecular formula is C62H100N4. The van der Waals surface area contributed by atoms with Crippen LogP contribution in [0.4, 0.5) is 0 Å². The molecule has 368 valence electrons. The maximum absolute atomic E-state index is 4.35. The highest BCUT2D eigenvalue weighted by Gasteiger charge is 2.56. The van der Waals surface area contributed by atoms with Crippen molar-refractivity contribution in [1.29, 1.82) is 0 Å². The van der Waals surface area contributed by atoms with Gasteiger partial charge in [0.1, 0.15) is 0 Å². The van der Waals surface area contributed by atoms with E-state index in [-0.39, 0.29) is 0 Å². The molecule has 3 heterocycles. The molecule has 14 atom stereocenters. The van der Waals surface area contributed by atoms with Gasteiger partial charge in [0, 0.05) is 54.3 Å². The third kappa shape index (κ3) is 8.68. The molecule has 4 heteroatoms. The van der Waals surface area contributed by atoms with Crippen molar-refractivity contribution < 1.29 is 0 Å². The van der Waals surface area contributed by atoms with Crippen LogP contribution < -0.4 is 10.6 Å². The lowest BCUT2D eigenvalue weighted by Gasteiger charge is -2.50. The molecule has 0 bridgehead atoms. The van der Waals surface area contributed by atoms with Gasteiger partial charge >= 0.3 is 0 Å². The Kier molecular flexibility index (Phi) is 13.8. The summed E-state index contributed by atoms with van der Waals surface area (Å²) in [7, 11) is 0. The average molecular weight is 902 g/mol. The Balaban J connectivity index is 0.608. The summed E-state index contributed by atoms with van der Waals surface area (Å²) in [5.41, 5.74) is 0. The van der Waals surface area contributed by atoms with Gasteiger partial charge in [-0.05, 0) is 225 Å². The van der Waals surface area contributed by atoms with Crippen LogP contribution in [0.3, 0.4) is 0 Å². The lowest BCUT2D eigenvalue weighted by atomic mass is 9.61. The summed E-state index contributed by atoms with van der Waals surface area (Å²) in [5.74, 6) is 12.9. The molecule has 13 aliphatic rings. The molecule has 0 spiro atoms. The summed E-state index contributed by atoms with van der Waals surface area (Å²) in [5, 5.41) is 8.56. The first-order valence-electron chi connectivity index (χ1n) is 31.1. The molecule has 0 radical (unpaired) electrons. The highest BCUT2D eigenvalue weighted by atomic mass is 15.3. The van der Waals surface area contributed by atoms with E-state index in [1.54, 1.807) is 128 Å². The summed E-state index contributed by atoms with van der Waals surface area (Å²) >= 11 is 0. The predicted octanol–water partition coefficient (Wildman–Crippen LogP) is 14.4. The van der Waals surface area contributed by atoms with Crippen molar-refractivity contribution in [2.24, 2.45) is 76.9 Å². The summed E-state index contributed by atoms with van der Waals surface area (Å²) < 4.78 is 0. The van der Waals surface area contributed by atoms with Gasteiger partial charge in [0.15, 0.2) is 0 Å². The number of nitrogens with zero attached hydrogens (tertiary/aromatic N) is 2. The minimum absolute atomic E-state index is 0.507. The number of nitrogens with one attached hydrogen (secondary N) is 2. The maximum atomic E-state index is 4.35. The summed E-state index contributed by atoms with van der Waals surface area (Å²) in [6, 6.07) is 6.79. The monoisotopic (exact) mass is 901 g/mol. The molecule has 10 aliphatic carbocycles. The number of fused-ring (bicyclic) bond motifs is 7. The Hall–Kier alpha value is -0.680. The topological polar surface area (TPSA) is 30.5 Å². The van der Waals surface area contributed by atoms with Crippen molar-refractivity contribution in [1.82, 2.24) is 20.4 Å². The fourth-order valence-corrected chi connectivity index (χ4v) is 21.8. The molecule has 66 heavy (non-hydrogen) atoms. The van der Waals surface area contributed by atoms with Crippen LogP contribution in [0, 0.1) is 76.9 Å². The third-order valence-electron chi connectivity index (χ3n) is 24.8. The van der Waals surface area contributed by atoms with Crippen LogP contribution in [0.5, 0.6) is 0 Å². The molecule has 3 aliphatic heterocycles. The number of allylic oxidation sites excluding steroid dienone is 2. The highest BCUT2D eigenvalue weighted by Crippen LogP contribution is 2.58. The van der Waals surface area contributed by atoms with Crippen LogP contribution in [0.1, 0.15) is 231 Å². The Labute approximate surface area is 405 Å². The van der Waals surface area contributed by atoms with Crippen LogP contribution in [-0.2, 0) is 0 Å². The van der Waals surface area contributed by atoms with Crippen LogP contribution in [0.25, 0.3) is 0 Å². The smallest absolute Gasteiger partial charge is 0.0607 e. The van der Waals surface area contributed by atoms with E-state index < -0.39 is 0 Å². The van der Waals surface area contributed by atoms with Crippen molar-refractivity contribution in [3.63, 3.8) is 0 Å². The van der Waals surface area contributed by atoms with E-state index in [2.05, 4.69) is 44.7 Å². The highest BCUT2D eigenvalue weighted by molar-refractivity contribution is 5.22. The minimum Gasteiger partial charge on any atom is -0.298 e. The van der Waals surface area contributed by atoms with E-state index in [1.807, 2.05) is 0 Å². The molecule has 14 unspecified atom stereocenters. The van der Waals surface area contributed by atoms with E-state index in [4.69, 9.17) is 0 Å². The summed E-state index contributed by atoms with van der Waals surface area (Å²) in [6.07, 6.45) is 65.5. The molecule has 4 nitrogen and oxygen atoms in total. The Bertz CT molecular complexity index is 1640. The minimum atomic E-state index is 0.507. The second-order valence-electron chi connectivity index (χ2n) is 27.4. The lowest BCUT2D eigenvalue weighted by molar-refractivity contribution is 0.0231. The molecule has 12 fully saturated rings. The third-order valence-corrected chi connectivity index (χ3v) is 24.8. The summed E-state index contributed by atoms with van der Waals surface area (Å²) in [4.78, 5) is 6.63. The van der Waals surface area contributed by atoms with E-state index in [1.165, 1.54) is 103 Å². The Morgan fingerprint density at radius 1 is 0.303 bits per heavy atom. The van der Waals surface area contributed by atoms with Crippen LogP contribution in [0.15, 0.2) is 24.3 Å². The van der Waals surface area contributed by atoms with Crippen molar-refractivity contribution >= 4 is 0 Å². The van der Waals surface area contributed by atoms with Crippen molar-refractivity contribution in [2.75, 3.05) is 0 Å². The first kappa shape index (κ1) is 45.2. The zero-order valence-corrected chi connectivity index (χ0v) is 42.4. The van der Waals surface area contributed by atoms with Gasteiger partial charge in [0.05, 0.1) is 6.17 Å². The van der Waals surface area contributed by atoms with Gasteiger partial charge in [-0.1, -0.05) is 101 Å². The fraction of sp³-hybridized carbons (Fsp3) is 0.935. The van der Waals surface area contributed by atoms with Gasteiger partial charge < -0.3 is 0 Å². The number of rotatable bonds is 7. The fourth-order valence-electron chi connectivity index (χ4n) is 21.8. The van der Waals surface area contributed by atoms with Gasteiger partial charge in [-0.3, -0.25) is 20.4 Å². The van der Waals surface area contributed by atoms with Crippen molar-refractivity contribution in [3.8, 4) is 0 Å². The zero-order valence-electron chi connectivity index (χ0n) is 42.4. The normalized spacial score (nSPS) is 50.8. The largest absolute Gasteiger partial charge is 0.298 e. The van der Waals surface area contributed by atoms with Gasteiger partial charge in [-0.25, -0.2) is 0 Å². The molecule has 9 saturated carbocycles. The first-order chi connectivity index (χ1) is 32.7. The molecule has 0 amide bonds. The number of likely N-dealkylation sites (tertiary alicyclic amines) is 2. The quantitative estimate of drug-likeness (QED) is 0.267. The SMILES string of the molecule is C1=CC2NC(C3CCC(N4C5CCCCC5C5CC(C6CCC(C7CCC8C(C7)C7CCCCC7N8C7CCC(C8CCCCC8)CC7)CC6)CCC54)CC3)NC(C3CCCCC3)C2C=C1. The van der Waals surface area contributed by atoms with Crippen LogP contribution in [0.2, 0.25) is 0 Å². The standard InChI is InChI=1S/C62H100N4/c1-3-13-41(14-4-1)42-27-33-49(34-28-42)65-57-21-11-8-17-51(57)54-39-47(31-37-59(54)65)43-23-25-44(26-24-43)48-32-38-60-55(40-48)52-18-9-12-22-58(52)66(60)50-35-29-46(30-36-50)62-63-56-20-10-7-19-53(56)61(64-62)45-15-5-2-6-16-45/h7,10,19-20,41-64H,1-6,8-9,11-18,21-40H2. The predicted molar refractivity (Wildman–Crippen MR) is 274 cm³/mol. The molecule has 3 saturated heterocycles. The molecule has 0 aromatic rings. The van der Waals surface area contributed by atoms with E-state index in [0.29, 0.717) is 24.2 Å². The average Bonchev–Trinajstić information content (AvgIpc) is 3.91. The first-order valence-corrected chi connectivity index (χ1v) is 31.1. The Morgan fingerprint density at radius 3 is 1.27 bits per heavy atom. The van der Waals surface area contributed by atoms with Gasteiger partial charge in [0.25, 0.3) is 0 Å². The molecule has 0 aromatic heterocycles. The Morgan fingerprint density at radius 2 is 0.712 bits per heavy atom. The number of hydrogen-bond acceptors (Lipinski definition) is 4. The van der Waals surface area contributed by atoms with Crippen molar-refractivity contribution in [2.45, 2.75) is 286 Å². The van der Waals surface area contributed by atoms with E-state index in [0.717, 1.165) is 107 Å². The van der Waals surface area contributed by atoms with Crippen LogP contribution >= 0.6 is 0 Å². The molecule has 2 N–H and O–H groups in total. The number of hydrogen-bond donors (Lipinski definition) is 2. The van der Waals surface area contributed by atoms with Gasteiger partial charge in [-0.15, -0.1) is 0 Å². The van der Waals surface area contributed by atoms with Gasteiger partial charge in [0.2, 0.25) is 0 Å². The van der Waals surface area contributed by atoms with Crippen molar-refractivity contribution in [3.05, 3.63) is 24.3 Å². The summed E-state index contributed by atoms with van der Waals surface area (Å²) in [6.45, 7) is 0. The molecule has 13 rings (SSSR count). The second-order valence-corrected chi connectivity index (χ2v) is 27.4. The van der Waals surface area contributed by atoms with E-state index >= 15 is 0 Å². The maximum Gasteiger partial charge on any atom is 0.0607 e. The van der Waals surface area contributed by atoms with Gasteiger partial charge in [-0.2, -0.15) is 0 Å². The lowest BCUT2D eigenvalue weighted by Crippen LogP contribution is -2.67. The molecular weight excluding hydrogens is 801 g/mol. The van der Waals surface area contributed by atoms with E-state index in [9.17, 15) is 0 Å². The second kappa shape index (κ2) is 20.1. The molecule has 0 aromatic carbocycles. The zero-order chi connectivity index (χ0) is 43.6.